The third-order valence-corrected chi connectivity index (χ3v) is 9.83. The molecular formula is C42H26ClN3. The number of aromatic nitrogens is 3. The van der Waals surface area contributed by atoms with Crippen LogP contribution in [0.5, 0.6) is 0 Å². The van der Waals surface area contributed by atoms with Gasteiger partial charge in [0.25, 0.3) is 0 Å². The summed E-state index contributed by atoms with van der Waals surface area (Å²) in [5.41, 5.74) is 11.6. The average molecular weight is 608 g/mol. The Labute approximate surface area is 269 Å². The first-order valence-electron chi connectivity index (χ1n) is 15.6. The van der Waals surface area contributed by atoms with E-state index in [0.717, 1.165) is 27.1 Å². The molecule has 46 heavy (non-hydrogen) atoms. The second-order valence-corrected chi connectivity index (χ2v) is 12.4. The van der Waals surface area contributed by atoms with Gasteiger partial charge in [-0.3, -0.25) is 0 Å². The van der Waals surface area contributed by atoms with E-state index < -0.39 is 0 Å². The summed E-state index contributed by atoms with van der Waals surface area (Å²) < 4.78 is 4.75. The average Bonchev–Trinajstić information content (AvgIpc) is 3.76. The zero-order valence-electron chi connectivity index (χ0n) is 24.7. The highest BCUT2D eigenvalue weighted by Gasteiger charge is 2.17. The Kier molecular flexibility index (Phi) is 5.34. The van der Waals surface area contributed by atoms with E-state index in [4.69, 9.17) is 11.6 Å². The number of hydrogen-bond donors (Lipinski definition) is 1. The van der Waals surface area contributed by atoms with Crippen molar-refractivity contribution < 1.29 is 0 Å². The van der Waals surface area contributed by atoms with Crippen LogP contribution in [0.3, 0.4) is 0 Å². The molecule has 3 nitrogen and oxygen atoms in total. The standard InChI is InChI=1S/C42H26ClN3/c43-36-14-8-13-32-33-25-29(19-20-37(33)44-42(32)36)46-39-16-7-5-12-31(39)35-24-27(18-22-41(35)46)26-17-21-40-34(23-26)30-11-4-6-15-38(30)45(40)28-9-2-1-3-10-28/h1-25,44H. The van der Waals surface area contributed by atoms with E-state index >= 15 is 0 Å². The van der Waals surface area contributed by atoms with Crippen LogP contribution in [-0.4, -0.2) is 14.1 Å². The van der Waals surface area contributed by atoms with E-state index in [0.29, 0.717) is 0 Å². The van der Waals surface area contributed by atoms with E-state index in [9.17, 15) is 0 Å². The van der Waals surface area contributed by atoms with Crippen LogP contribution in [0, 0.1) is 0 Å². The van der Waals surface area contributed by atoms with Crippen LogP contribution in [-0.2, 0) is 0 Å². The van der Waals surface area contributed by atoms with Gasteiger partial charge in [0.15, 0.2) is 0 Å². The number of aromatic amines is 1. The van der Waals surface area contributed by atoms with Gasteiger partial charge in [-0.1, -0.05) is 90.5 Å². The third-order valence-electron chi connectivity index (χ3n) is 9.52. The van der Waals surface area contributed by atoms with E-state index in [1.54, 1.807) is 0 Å². The number of hydrogen-bond acceptors (Lipinski definition) is 0. The maximum atomic E-state index is 6.54. The molecule has 0 spiro atoms. The number of H-pyrrole nitrogens is 1. The Morgan fingerprint density at radius 2 is 0.957 bits per heavy atom. The predicted octanol–water partition coefficient (Wildman–Crippen LogP) is 11.8. The second kappa shape index (κ2) is 9.61. The minimum Gasteiger partial charge on any atom is -0.353 e. The fraction of sp³-hybridized carbons (Fsp3) is 0. The Morgan fingerprint density at radius 1 is 0.391 bits per heavy atom. The van der Waals surface area contributed by atoms with Gasteiger partial charge in [-0.25, -0.2) is 0 Å². The van der Waals surface area contributed by atoms with Crippen LogP contribution >= 0.6 is 11.6 Å². The molecule has 4 heteroatoms. The maximum absolute atomic E-state index is 6.54. The first-order chi connectivity index (χ1) is 22.7. The Morgan fingerprint density at radius 3 is 1.63 bits per heavy atom. The normalized spacial score (nSPS) is 12.0. The van der Waals surface area contributed by atoms with Gasteiger partial charge in [-0.15, -0.1) is 0 Å². The fourth-order valence-corrected chi connectivity index (χ4v) is 7.67. The number of nitrogens with one attached hydrogen (secondary N) is 1. The van der Waals surface area contributed by atoms with Gasteiger partial charge in [0.05, 0.1) is 32.6 Å². The van der Waals surface area contributed by atoms with Crippen molar-refractivity contribution in [2.75, 3.05) is 0 Å². The van der Waals surface area contributed by atoms with Gasteiger partial charge in [0.1, 0.15) is 0 Å². The van der Waals surface area contributed by atoms with Gasteiger partial charge >= 0.3 is 0 Å². The van der Waals surface area contributed by atoms with Gasteiger partial charge in [-0.05, 0) is 83.9 Å². The highest BCUT2D eigenvalue weighted by atomic mass is 35.5. The summed E-state index contributed by atoms with van der Waals surface area (Å²) in [4.78, 5) is 3.51. The molecule has 0 saturated carbocycles. The van der Waals surface area contributed by atoms with Crippen LogP contribution < -0.4 is 0 Å². The van der Waals surface area contributed by atoms with Crippen LogP contribution in [0.2, 0.25) is 5.02 Å². The van der Waals surface area contributed by atoms with E-state index in [1.807, 2.05) is 12.1 Å². The van der Waals surface area contributed by atoms with Crippen molar-refractivity contribution >= 4 is 77.0 Å². The van der Waals surface area contributed by atoms with Crippen molar-refractivity contribution in [2.45, 2.75) is 0 Å². The number of benzene rings is 7. The molecule has 7 aromatic carbocycles. The summed E-state index contributed by atoms with van der Waals surface area (Å²) in [6, 6.07) is 54.5. The summed E-state index contributed by atoms with van der Waals surface area (Å²) in [6.45, 7) is 0. The molecule has 3 heterocycles. The van der Waals surface area contributed by atoms with Crippen molar-refractivity contribution in [2.24, 2.45) is 0 Å². The number of para-hydroxylation sites is 4. The van der Waals surface area contributed by atoms with Crippen LogP contribution in [0.25, 0.3) is 87.9 Å². The molecule has 0 amide bonds. The fourth-order valence-electron chi connectivity index (χ4n) is 7.45. The number of fused-ring (bicyclic) bond motifs is 9. The topological polar surface area (TPSA) is 25.6 Å². The molecule has 0 aliphatic rings. The Bertz CT molecular complexity index is 2820. The van der Waals surface area contributed by atoms with Gasteiger partial charge in [0, 0.05) is 49.2 Å². The molecule has 0 fully saturated rings. The van der Waals surface area contributed by atoms with Crippen LogP contribution in [0.4, 0.5) is 0 Å². The maximum Gasteiger partial charge on any atom is 0.0654 e. The zero-order valence-corrected chi connectivity index (χ0v) is 25.5. The number of halogens is 1. The molecule has 216 valence electrons. The lowest BCUT2D eigenvalue weighted by Gasteiger charge is -2.10. The second-order valence-electron chi connectivity index (χ2n) is 12.0. The van der Waals surface area contributed by atoms with Crippen LogP contribution in [0.15, 0.2) is 152 Å². The minimum absolute atomic E-state index is 0.738. The highest BCUT2D eigenvalue weighted by molar-refractivity contribution is 6.36. The largest absolute Gasteiger partial charge is 0.353 e. The Hall–Kier alpha value is -5.77. The molecule has 0 aliphatic heterocycles. The highest BCUT2D eigenvalue weighted by Crippen LogP contribution is 2.39. The van der Waals surface area contributed by atoms with Crippen molar-refractivity contribution in [3.8, 4) is 22.5 Å². The molecule has 10 aromatic rings. The van der Waals surface area contributed by atoms with E-state index in [1.165, 1.54) is 65.8 Å². The first-order valence-corrected chi connectivity index (χ1v) is 15.9. The summed E-state index contributed by atoms with van der Waals surface area (Å²) in [6.07, 6.45) is 0. The molecule has 1 N–H and O–H groups in total. The minimum atomic E-state index is 0.738. The van der Waals surface area contributed by atoms with E-state index in [-0.39, 0.29) is 0 Å². The van der Waals surface area contributed by atoms with Crippen molar-refractivity contribution in [3.05, 3.63) is 157 Å². The van der Waals surface area contributed by atoms with Gasteiger partial charge < -0.3 is 14.1 Å². The van der Waals surface area contributed by atoms with Gasteiger partial charge in [0.2, 0.25) is 0 Å². The molecular weight excluding hydrogens is 582 g/mol. The van der Waals surface area contributed by atoms with Crippen molar-refractivity contribution in [3.63, 3.8) is 0 Å². The predicted molar refractivity (Wildman–Crippen MR) is 195 cm³/mol. The molecule has 10 rings (SSSR count). The summed E-state index contributed by atoms with van der Waals surface area (Å²) in [5, 5.41) is 8.03. The molecule has 0 bridgehead atoms. The summed E-state index contributed by atoms with van der Waals surface area (Å²) in [7, 11) is 0. The van der Waals surface area contributed by atoms with E-state index in [2.05, 4.69) is 154 Å². The zero-order chi connectivity index (χ0) is 30.4. The number of nitrogens with zero attached hydrogens (tertiary/aromatic N) is 2. The van der Waals surface area contributed by atoms with Crippen molar-refractivity contribution in [1.29, 1.82) is 0 Å². The molecule has 0 unspecified atom stereocenters. The molecule has 0 saturated heterocycles. The third kappa shape index (κ3) is 3.61. The smallest absolute Gasteiger partial charge is 0.0654 e. The SMILES string of the molecule is Clc1cccc2c1[nH]c1ccc(-n3c4ccccc4c4cc(-c5ccc6c(c5)c5ccccc5n6-c5ccccc5)ccc43)cc12. The van der Waals surface area contributed by atoms with Gasteiger partial charge in [-0.2, -0.15) is 0 Å². The lowest BCUT2D eigenvalue weighted by Crippen LogP contribution is -1.93. The lowest BCUT2D eigenvalue weighted by molar-refractivity contribution is 1.18. The monoisotopic (exact) mass is 607 g/mol. The van der Waals surface area contributed by atoms with Crippen LogP contribution in [0.1, 0.15) is 0 Å². The lowest BCUT2D eigenvalue weighted by atomic mass is 10.0. The number of rotatable bonds is 3. The quantitative estimate of drug-likeness (QED) is 0.207. The Balaban J connectivity index is 1.17. The van der Waals surface area contributed by atoms with Crippen molar-refractivity contribution in [1.82, 2.24) is 14.1 Å². The molecule has 0 radical (unpaired) electrons. The molecule has 0 aliphatic carbocycles. The summed E-state index contributed by atoms with van der Waals surface area (Å²) >= 11 is 6.54. The molecule has 0 atom stereocenters. The summed E-state index contributed by atoms with van der Waals surface area (Å²) in [5.74, 6) is 0. The molecule has 3 aromatic heterocycles. The first kappa shape index (κ1) is 25.5.